The minimum absolute atomic E-state index is 0.0616. The fourth-order valence-electron chi connectivity index (χ4n) is 2.78. The Labute approximate surface area is 190 Å². The van der Waals surface area contributed by atoms with Gasteiger partial charge in [-0.25, -0.2) is 18.0 Å². The van der Waals surface area contributed by atoms with Crippen molar-refractivity contribution in [2.75, 3.05) is 18.0 Å². The fourth-order valence-corrected chi connectivity index (χ4v) is 4.15. The predicted octanol–water partition coefficient (Wildman–Crippen LogP) is 2.29. The summed E-state index contributed by atoms with van der Waals surface area (Å²) in [4.78, 5) is 35.9. The summed E-state index contributed by atoms with van der Waals surface area (Å²) in [7, 11) is -2.73. The first-order valence-electron chi connectivity index (χ1n) is 9.69. The van der Waals surface area contributed by atoms with Crippen LogP contribution in [0, 0.1) is 0 Å². The Morgan fingerprint density at radius 2 is 1.67 bits per heavy atom. The maximum absolute atomic E-state index is 13.1. The Morgan fingerprint density at radius 1 is 0.970 bits per heavy atom. The molecule has 172 valence electrons. The summed E-state index contributed by atoms with van der Waals surface area (Å²) in [6, 6.07) is 16.3. The molecule has 3 aromatic rings. The number of furan rings is 1. The number of ether oxygens (including phenoxy) is 1. The second-order valence-electron chi connectivity index (χ2n) is 6.69. The molecule has 33 heavy (non-hydrogen) atoms. The summed E-state index contributed by atoms with van der Waals surface area (Å²) in [5.41, 5.74) is 0.163. The number of nitrogens with one attached hydrogen (secondary N) is 2. The molecule has 0 atom stereocenters. The molecule has 0 spiro atoms. The van der Waals surface area contributed by atoms with E-state index in [4.69, 9.17) is 9.15 Å². The van der Waals surface area contributed by atoms with Gasteiger partial charge in [-0.15, -0.1) is 0 Å². The number of carbonyl (C=O) groups is 3. The molecule has 11 heteroatoms. The van der Waals surface area contributed by atoms with Crippen LogP contribution in [0.15, 0.2) is 82.3 Å². The molecule has 3 amide bonds. The van der Waals surface area contributed by atoms with Gasteiger partial charge in [-0.1, -0.05) is 30.3 Å². The number of para-hydroxylation sites is 1. The molecule has 0 aliphatic carbocycles. The molecule has 0 aliphatic heterocycles. The third kappa shape index (κ3) is 5.98. The molecule has 1 aromatic heterocycles. The van der Waals surface area contributed by atoms with E-state index >= 15 is 0 Å². The predicted molar refractivity (Wildman–Crippen MR) is 118 cm³/mol. The van der Waals surface area contributed by atoms with Crippen molar-refractivity contribution in [3.05, 3.63) is 84.3 Å². The van der Waals surface area contributed by atoms with Crippen molar-refractivity contribution in [2.45, 2.75) is 11.4 Å². The number of hydrogen-bond acceptors (Lipinski definition) is 7. The van der Waals surface area contributed by atoms with Crippen LogP contribution in [-0.4, -0.2) is 40.0 Å². The summed E-state index contributed by atoms with van der Waals surface area (Å²) in [5, 5.41) is 4.40. The van der Waals surface area contributed by atoms with Crippen LogP contribution in [0.2, 0.25) is 0 Å². The molecule has 0 radical (unpaired) electrons. The summed E-state index contributed by atoms with van der Waals surface area (Å²) in [6.07, 6.45) is 1.44. The number of imide groups is 1. The Bertz CT molecular complexity index is 1230. The molecule has 0 saturated heterocycles. The van der Waals surface area contributed by atoms with Crippen molar-refractivity contribution in [3.63, 3.8) is 0 Å². The summed E-state index contributed by atoms with van der Waals surface area (Å²) in [6.45, 7) is -0.720. The quantitative estimate of drug-likeness (QED) is 0.481. The number of hydrogen-bond donors (Lipinski definition) is 2. The Balaban J connectivity index is 1.62. The van der Waals surface area contributed by atoms with Crippen LogP contribution in [-0.2, 0) is 26.1 Å². The molecule has 10 nitrogen and oxygen atoms in total. The second kappa shape index (κ2) is 10.5. The van der Waals surface area contributed by atoms with Gasteiger partial charge >= 0.3 is 12.0 Å². The maximum Gasteiger partial charge on any atom is 0.340 e. The number of urea groups is 1. The number of sulfonamides is 1. The van der Waals surface area contributed by atoms with Crippen LogP contribution < -0.4 is 14.9 Å². The van der Waals surface area contributed by atoms with Crippen molar-refractivity contribution in [2.24, 2.45) is 0 Å². The third-order valence-corrected chi connectivity index (χ3v) is 6.30. The number of carbonyl (C=O) groups excluding carboxylic acids is 3. The van der Waals surface area contributed by atoms with Gasteiger partial charge in [0.15, 0.2) is 6.61 Å². The van der Waals surface area contributed by atoms with Gasteiger partial charge in [0.1, 0.15) is 10.7 Å². The minimum atomic E-state index is -4.10. The van der Waals surface area contributed by atoms with E-state index < -0.39 is 34.5 Å². The van der Waals surface area contributed by atoms with Gasteiger partial charge in [0.25, 0.3) is 15.9 Å². The van der Waals surface area contributed by atoms with Gasteiger partial charge in [-0.05, 0) is 36.4 Å². The van der Waals surface area contributed by atoms with E-state index in [1.807, 2.05) is 5.32 Å². The molecule has 0 aliphatic rings. The number of esters is 1. The van der Waals surface area contributed by atoms with E-state index in [0.29, 0.717) is 11.4 Å². The first-order valence-corrected chi connectivity index (χ1v) is 11.1. The van der Waals surface area contributed by atoms with Gasteiger partial charge in [0.05, 0.1) is 24.1 Å². The molecule has 2 aromatic carbocycles. The summed E-state index contributed by atoms with van der Waals surface area (Å²) >= 11 is 0. The number of anilines is 1. The molecular formula is C22H21N3O7S. The molecule has 0 fully saturated rings. The Hall–Kier alpha value is -4.12. The SMILES string of the molecule is CN(c1ccccc1)S(=O)(=O)c1ccccc1C(=O)OCC(=O)NC(=O)NCc1ccco1. The average molecular weight is 471 g/mol. The topological polar surface area (TPSA) is 135 Å². The highest BCUT2D eigenvalue weighted by molar-refractivity contribution is 7.92. The van der Waals surface area contributed by atoms with E-state index in [0.717, 1.165) is 4.31 Å². The van der Waals surface area contributed by atoms with Crippen LogP contribution in [0.5, 0.6) is 0 Å². The zero-order chi connectivity index (χ0) is 23.8. The van der Waals surface area contributed by atoms with Crippen molar-refractivity contribution in [1.82, 2.24) is 10.6 Å². The normalized spacial score (nSPS) is 10.8. The van der Waals surface area contributed by atoms with Gasteiger partial charge in [0, 0.05) is 7.05 Å². The highest BCUT2D eigenvalue weighted by Gasteiger charge is 2.27. The summed E-state index contributed by atoms with van der Waals surface area (Å²) in [5.74, 6) is -1.42. The highest BCUT2D eigenvalue weighted by Crippen LogP contribution is 2.24. The Morgan fingerprint density at radius 3 is 2.36 bits per heavy atom. The van der Waals surface area contributed by atoms with Crippen molar-refractivity contribution in [3.8, 4) is 0 Å². The lowest BCUT2D eigenvalue weighted by Crippen LogP contribution is -2.41. The average Bonchev–Trinajstić information content (AvgIpc) is 3.35. The smallest absolute Gasteiger partial charge is 0.340 e. The summed E-state index contributed by atoms with van der Waals surface area (Å²) < 4.78 is 37.2. The lowest BCUT2D eigenvalue weighted by molar-refractivity contribution is -0.123. The molecule has 1 heterocycles. The minimum Gasteiger partial charge on any atom is -0.467 e. The largest absolute Gasteiger partial charge is 0.467 e. The third-order valence-electron chi connectivity index (χ3n) is 4.46. The van der Waals surface area contributed by atoms with E-state index in [2.05, 4.69) is 5.32 Å². The van der Waals surface area contributed by atoms with Crippen LogP contribution >= 0.6 is 0 Å². The van der Waals surface area contributed by atoms with Crippen LogP contribution in [0.25, 0.3) is 0 Å². The van der Waals surface area contributed by atoms with Crippen molar-refractivity contribution in [1.29, 1.82) is 0 Å². The lowest BCUT2D eigenvalue weighted by Gasteiger charge is -2.20. The molecular weight excluding hydrogens is 450 g/mol. The van der Waals surface area contributed by atoms with Crippen LogP contribution in [0.4, 0.5) is 10.5 Å². The van der Waals surface area contributed by atoms with E-state index in [1.165, 1.54) is 37.6 Å². The fraction of sp³-hybridized carbons (Fsp3) is 0.136. The molecule has 0 bridgehead atoms. The van der Waals surface area contributed by atoms with E-state index in [1.54, 1.807) is 42.5 Å². The number of amides is 3. The first kappa shape index (κ1) is 23.5. The molecule has 0 saturated carbocycles. The molecule has 3 rings (SSSR count). The van der Waals surface area contributed by atoms with Crippen molar-refractivity contribution >= 4 is 33.6 Å². The zero-order valence-electron chi connectivity index (χ0n) is 17.6. The molecule has 2 N–H and O–H groups in total. The number of benzene rings is 2. The van der Waals surface area contributed by atoms with Crippen LogP contribution in [0.3, 0.4) is 0 Å². The zero-order valence-corrected chi connectivity index (χ0v) is 18.4. The van der Waals surface area contributed by atoms with Gasteiger partial charge in [0.2, 0.25) is 0 Å². The van der Waals surface area contributed by atoms with E-state index in [9.17, 15) is 22.8 Å². The maximum atomic E-state index is 13.1. The van der Waals surface area contributed by atoms with Gasteiger partial charge in [-0.3, -0.25) is 14.4 Å². The number of nitrogens with zero attached hydrogens (tertiary/aromatic N) is 1. The lowest BCUT2D eigenvalue weighted by atomic mass is 10.2. The number of rotatable bonds is 8. The highest BCUT2D eigenvalue weighted by atomic mass is 32.2. The monoisotopic (exact) mass is 471 g/mol. The Kier molecular flexibility index (Phi) is 7.46. The van der Waals surface area contributed by atoms with Crippen LogP contribution in [0.1, 0.15) is 16.1 Å². The first-order chi connectivity index (χ1) is 15.8. The van der Waals surface area contributed by atoms with Gasteiger partial charge in [-0.2, -0.15) is 0 Å². The second-order valence-corrected chi connectivity index (χ2v) is 8.63. The molecule has 0 unspecified atom stereocenters. The van der Waals surface area contributed by atoms with Crippen molar-refractivity contribution < 1.29 is 32.0 Å². The van der Waals surface area contributed by atoms with Gasteiger partial charge < -0.3 is 14.5 Å². The standard InChI is InChI=1S/C22H21N3O7S/c1-25(16-8-3-2-4-9-16)33(29,30)19-12-6-5-11-18(19)21(27)32-15-20(26)24-22(28)23-14-17-10-7-13-31-17/h2-13H,14-15H2,1H3,(H2,23,24,26,28). The van der Waals surface area contributed by atoms with E-state index in [-0.39, 0.29) is 17.0 Å².